The fourth-order valence-corrected chi connectivity index (χ4v) is 3.24. The molecule has 0 spiro atoms. The number of aryl methyl sites for hydroxylation is 1. The molecule has 0 heterocycles. The van der Waals surface area contributed by atoms with Gasteiger partial charge >= 0.3 is 0 Å². The van der Waals surface area contributed by atoms with Gasteiger partial charge in [0.25, 0.3) is 0 Å². The lowest BCUT2D eigenvalue weighted by molar-refractivity contribution is 0.425. The summed E-state index contributed by atoms with van der Waals surface area (Å²) in [6, 6.07) is 4.06. The first-order valence-electron chi connectivity index (χ1n) is 7.13. The topological polar surface area (TPSA) is 32.3 Å². The van der Waals surface area contributed by atoms with Gasteiger partial charge in [-0.1, -0.05) is 32.3 Å². The van der Waals surface area contributed by atoms with Crippen molar-refractivity contribution in [2.24, 2.45) is 0 Å². The molecule has 0 aromatic heterocycles. The van der Waals surface area contributed by atoms with Crippen LogP contribution in [0.25, 0.3) is 0 Å². The van der Waals surface area contributed by atoms with E-state index in [1.165, 1.54) is 11.1 Å². The minimum absolute atomic E-state index is 0.0908. The predicted molar refractivity (Wildman–Crippen MR) is 79.3 cm³/mol. The first-order chi connectivity index (χ1) is 9.08. The van der Waals surface area contributed by atoms with Gasteiger partial charge in [-0.2, -0.15) is 0 Å². The average molecular weight is 257 g/mol. The van der Waals surface area contributed by atoms with E-state index in [2.05, 4.69) is 32.0 Å². The quantitative estimate of drug-likeness (QED) is 0.807. The number of hydrogen-bond donors (Lipinski definition) is 2. The van der Waals surface area contributed by atoms with Crippen molar-refractivity contribution in [2.45, 2.75) is 58.0 Å². The lowest BCUT2D eigenvalue weighted by Crippen LogP contribution is -2.30. The number of hydrogen-bond acceptors (Lipinski definition) is 2. The fourth-order valence-electron chi connectivity index (χ4n) is 3.24. The van der Waals surface area contributed by atoms with E-state index in [1.54, 1.807) is 6.07 Å². The number of benzene rings is 1. The van der Waals surface area contributed by atoms with Gasteiger partial charge in [0.15, 0.2) is 0 Å². The second kappa shape index (κ2) is 5.67. The monoisotopic (exact) mass is 257 g/mol. The maximum absolute atomic E-state index is 10.2. The first kappa shape index (κ1) is 14.0. The Labute approximate surface area is 116 Å². The maximum Gasteiger partial charge on any atom is 0.120 e. The van der Waals surface area contributed by atoms with Crippen molar-refractivity contribution in [3.05, 3.63) is 28.8 Å². The number of fused-ring (bicyclic) bond motifs is 1. The Balaban J connectivity index is 2.29. The van der Waals surface area contributed by atoms with Crippen LogP contribution in [0.4, 0.5) is 0 Å². The lowest BCUT2D eigenvalue weighted by Gasteiger charge is -2.20. The summed E-state index contributed by atoms with van der Waals surface area (Å²) in [5.41, 5.74) is 3.62. The van der Waals surface area contributed by atoms with Crippen LogP contribution in [-0.4, -0.2) is 11.1 Å². The standard InChI is InChI=1S/C17H23NO/c1-5-7-13(6-2)18-14-10-12(4)16-11(3)8-9-15(19)17(14)16/h2,8-9,12-14,18-19H,5,7,10H2,1,3-4H3. The van der Waals surface area contributed by atoms with Crippen LogP contribution in [0, 0.1) is 19.3 Å². The second-order valence-corrected chi connectivity index (χ2v) is 5.59. The summed E-state index contributed by atoms with van der Waals surface area (Å²) in [6.07, 6.45) is 8.64. The molecule has 0 radical (unpaired) electrons. The summed E-state index contributed by atoms with van der Waals surface area (Å²) in [5, 5.41) is 13.7. The fraction of sp³-hybridized carbons (Fsp3) is 0.529. The third-order valence-corrected chi connectivity index (χ3v) is 4.09. The lowest BCUT2D eigenvalue weighted by atomic mass is 9.97. The van der Waals surface area contributed by atoms with Crippen molar-refractivity contribution >= 4 is 0 Å². The first-order valence-corrected chi connectivity index (χ1v) is 7.13. The van der Waals surface area contributed by atoms with E-state index in [0.717, 1.165) is 24.8 Å². The molecule has 2 nitrogen and oxygen atoms in total. The van der Waals surface area contributed by atoms with Crippen LogP contribution in [0.5, 0.6) is 5.75 Å². The van der Waals surface area contributed by atoms with Crippen molar-refractivity contribution in [1.29, 1.82) is 0 Å². The Hall–Kier alpha value is -1.46. The van der Waals surface area contributed by atoms with Gasteiger partial charge in [-0.05, 0) is 42.9 Å². The summed E-state index contributed by atoms with van der Waals surface area (Å²) >= 11 is 0. The van der Waals surface area contributed by atoms with Crippen LogP contribution in [0.2, 0.25) is 0 Å². The SMILES string of the molecule is C#CC(CCC)NC1CC(C)c2c(C)ccc(O)c21. The largest absolute Gasteiger partial charge is 0.508 e. The van der Waals surface area contributed by atoms with E-state index in [1.807, 2.05) is 6.07 Å². The zero-order chi connectivity index (χ0) is 14.0. The molecule has 0 saturated carbocycles. The Morgan fingerprint density at radius 3 is 2.84 bits per heavy atom. The number of aromatic hydroxyl groups is 1. The van der Waals surface area contributed by atoms with Crippen LogP contribution in [0.15, 0.2) is 12.1 Å². The van der Waals surface area contributed by atoms with Gasteiger partial charge in [-0.25, -0.2) is 0 Å². The van der Waals surface area contributed by atoms with Crippen LogP contribution in [0.3, 0.4) is 0 Å². The maximum atomic E-state index is 10.2. The Kier molecular flexibility index (Phi) is 4.17. The molecule has 1 aromatic rings. The number of rotatable bonds is 4. The second-order valence-electron chi connectivity index (χ2n) is 5.59. The predicted octanol–water partition coefficient (Wildman–Crippen LogP) is 3.64. The van der Waals surface area contributed by atoms with E-state index < -0.39 is 0 Å². The van der Waals surface area contributed by atoms with Gasteiger partial charge in [0, 0.05) is 11.6 Å². The third-order valence-electron chi connectivity index (χ3n) is 4.09. The summed E-state index contributed by atoms with van der Waals surface area (Å²) in [7, 11) is 0. The van der Waals surface area contributed by atoms with Gasteiger partial charge < -0.3 is 5.11 Å². The van der Waals surface area contributed by atoms with Crippen molar-refractivity contribution in [3.63, 3.8) is 0 Å². The minimum atomic E-state index is 0.0908. The highest BCUT2D eigenvalue weighted by Gasteiger charge is 2.32. The Bertz CT molecular complexity index is 501. The summed E-state index contributed by atoms with van der Waals surface area (Å²) in [5.74, 6) is 3.69. The van der Waals surface area contributed by atoms with Gasteiger partial charge in [-0.15, -0.1) is 6.42 Å². The van der Waals surface area contributed by atoms with Crippen LogP contribution >= 0.6 is 0 Å². The molecule has 0 fully saturated rings. The van der Waals surface area contributed by atoms with E-state index in [-0.39, 0.29) is 12.1 Å². The highest BCUT2D eigenvalue weighted by molar-refractivity contribution is 5.51. The highest BCUT2D eigenvalue weighted by Crippen LogP contribution is 2.46. The summed E-state index contributed by atoms with van der Waals surface area (Å²) in [6.45, 7) is 6.47. The molecule has 19 heavy (non-hydrogen) atoms. The normalized spacial score (nSPS) is 22.8. The molecule has 0 aliphatic heterocycles. The molecule has 1 aliphatic rings. The molecule has 0 bridgehead atoms. The molecule has 3 unspecified atom stereocenters. The number of phenolic OH excluding ortho intramolecular Hbond substituents is 1. The van der Waals surface area contributed by atoms with Gasteiger partial charge in [0.2, 0.25) is 0 Å². The minimum Gasteiger partial charge on any atom is -0.508 e. The Morgan fingerprint density at radius 2 is 2.21 bits per heavy atom. The number of nitrogens with one attached hydrogen (secondary N) is 1. The van der Waals surface area contributed by atoms with Crippen LogP contribution in [-0.2, 0) is 0 Å². The average Bonchev–Trinajstić information content (AvgIpc) is 2.71. The summed E-state index contributed by atoms with van der Waals surface area (Å²) < 4.78 is 0. The van der Waals surface area contributed by atoms with Gasteiger partial charge in [-0.3, -0.25) is 5.32 Å². The molecule has 2 rings (SSSR count). The zero-order valence-electron chi connectivity index (χ0n) is 12.0. The van der Waals surface area contributed by atoms with Crippen molar-refractivity contribution in [3.8, 4) is 18.1 Å². The Morgan fingerprint density at radius 1 is 1.47 bits per heavy atom. The zero-order valence-corrected chi connectivity index (χ0v) is 12.0. The molecule has 0 amide bonds. The molecule has 2 heteroatoms. The van der Waals surface area contributed by atoms with Gasteiger partial charge in [0.05, 0.1) is 6.04 Å². The van der Waals surface area contributed by atoms with Crippen LogP contribution in [0.1, 0.15) is 61.8 Å². The van der Waals surface area contributed by atoms with Crippen molar-refractivity contribution in [2.75, 3.05) is 0 Å². The molecule has 102 valence electrons. The molecule has 1 aliphatic carbocycles. The van der Waals surface area contributed by atoms with Gasteiger partial charge in [0.1, 0.15) is 5.75 Å². The number of terminal acetylenes is 1. The van der Waals surface area contributed by atoms with Crippen molar-refractivity contribution < 1.29 is 5.11 Å². The van der Waals surface area contributed by atoms with E-state index in [4.69, 9.17) is 6.42 Å². The molecular formula is C17H23NO. The van der Waals surface area contributed by atoms with E-state index in [9.17, 15) is 5.11 Å². The molecular weight excluding hydrogens is 234 g/mol. The number of phenols is 1. The molecule has 1 aromatic carbocycles. The summed E-state index contributed by atoms with van der Waals surface area (Å²) in [4.78, 5) is 0. The third kappa shape index (κ3) is 2.62. The smallest absolute Gasteiger partial charge is 0.120 e. The highest BCUT2D eigenvalue weighted by atomic mass is 16.3. The van der Waals surface area contributed by atoms with E-state index in [0.29, 0.717) is 11.7 Å². The van der Waals surface area contributed by atoms with E-state index >= 15 is 0 Å². The molecule has 2 N–H and O–H groups in total. The van der Waals surface area contributed by atoms with Crippen molar-refractivity contribution in [1.82, 2.24) is 5.32 Å². The van der Waals surface area contributed by atoms with Crippen LogP contribution < -0.4 is 5.32 Å². The molecule has 0 saturated heterocycles. The molecule has 3 atom stereocenters.